The van der Waals surface area contributed by atoms with Crippen LogP contribution in [-0.2, 0) is 0 Å². The van der Waals surface area contributed by atoms with Crippen molar-refractivity contribution in [1.82, 2.24) is 4.90 Å². The zero-order valence-corrected chi connectivity index (χ0v) is 13.0. The Labute approximate surface area is 121 Å². The van der Waals surface area contributed by atoms with Crippen molar-refractivity contribution in [2.75, 3.05) is 20.2 Å². The molecule has 4 nitrogen and oxygen atoms in total. The molecule has 20 heavy (non-hydrogen) atoms. The molecule has 0 fully saturated rings. The number of Topliss-reactive ketones (excluding diaryl/α,β-unsaturated/α-hetero) is 1. The van der Waals surface area contributed by atoms with E-state index in [1.807, 2.05) is 18.7 Å². The number of nitrogens with zero attached hydrogens (tertiary/aromatic N) is 1. The summed E-state index contributed by atoms with van der Waals surface area (Å²) in [6, 6.07) is 6.85. The number of hydrogen-bond donors (Lipinski definition) is 1. The maximum Gasteiger partial charge on any atom is 0.179 e. The Morgan fingerprint density at radius 3 is 2.30 bits per heavy atom. The Hall–Kier alpha value is -1.39. The molecule has 1 unspecified atom stereocenters. The molecule has 1 atom stereocenters. The number of methoxy groups -OCH3 is 1. The lowest BCUT2D eigenvalue weighted by Gasteiger charge is -2.32. The van der Waals surface area contributed by atoms with Crippen LogP contribution in [0.5, 0.6) is 5.75 Å². The van der Waals surface area contributed by atoms with Crippen LogP contribution in [0.2, 0.25) is 0 Å². The third-order valence-corrected chi connectivity index (χ3v) is 3.30. The van der Waals surface area contributed by atoms with Crippen molar-refractivity contribution >= 4 is 5.78 Å². The van der Waals surface area contributed by atoms with E-state index in [1.165, 1.54) is 0 Å². The van der Waals surface area contributed by atoms with Crippen LogP contribution in [0.15, 0.2) is 24.3 Å². The Balaban J connectivity index is 2.82. The molecule has 0 heterocycles. The molecule has 0 saturated carbocycles. The molecule has 1 aromatic rings. The molecular weight excluding hydrogens is 254 g/mol. The smallest absolute Gasteiger partial charge is 0.179 e. The molecule has 0 saturated heterocycles. The number of ether oxygens (including phenoxy) is 1. The third kappa shape index (κ3) is 4.62. The molecule has 0 aromatic heterocycles. The molecule has 4 heteroatoms. The topological polar surface area (TPSA) is 49.8 Å². The minimum absolute atomic E-state index is 0.0544. The molecule has 0 amide bonds. The van der Waals surface area contributed by atoms with Gasteiger partial charge in [0.15, 0.2) is 5.78 Å². The van der Waals surface area contributed by atoms with E-state index in [4.69, 9.17) is 4.74 Å². The molecule has 0 aliphatic carbocycles. The highest BCUT2D eigenvalue weighted by atomic mass is 16.5. The van der Waals surface area contributed by atoms with Crippen LogP contribution in [0.25, 0.3) is 0 Å². The Kier molecular flexibility index (Phi) is 5.72. The lowest BCUT2D eigenvalue weighted by Crippen LogP contribution is -2.46. The fourth-order valence-corrected chi connectivity index (χ4v) is 2.18. The van der Waals surface area contributed by atoms with Gasteiger partial charge in [-0.1, -0.05) is 6.92 Å². The van der Waals surface area contributed by atoms with E-state index in [1.54, 1.807) is 45.2 Å². The number of carbonyl (C=O) groups is 1. The normalized spacial score (nSPS) is 13.3. The predicted octanol–water partition coefficient (Wildman–Crippen LogP) is 2.36. The van der Waals surface area contributed by atoms with E-state index in [9.17, 15) is 9.90 Å². The van der Waals surface area contributed by atoms with Crippen molar-refractivity contribution < 1.29 is 14.6 Å². The maximum absolute atomic E-state index is 12.5. The average molecular weight is 279 g/mol. The van der Waals surface area contributed by atoms with E-state index in [-0.39, 0.29) is 11.8 Å². The first-order valence-corrected chi connectivity index (χ1v) is 6.93. The largest absolute Gasteiger partial charge is 0.497 e. The maximum atomic E-state index is 12.5. The molecule has 0 aliphatic heterocycles. The van der Waals surface area contributed by atoms with Gasteiger partial charge >= 0.3 is 0 Å². The molecule has 0 radical (unpaired) electrons. The summed E-state index contributed by atoms with van der Waals surface area (Å²) in [5.74, 6) is 0.789. The molecule has 1 rings (SSSR count). The lowest BCUT2D eigenvalue weighted by molar-refractivity contribution is 0.0254. The SMILES string of the molecule is CCN(CC(C)(C)O)C(C)C(=O)c1ccc(OC)cc1. The molecule has 0 spiro atoms. The highest BCUT2D eigenvalue weighted by Crippen LogP contribution is 2.16. The average Bonchev–Trinajstić information content (AvgIpc) is 2.42. The summed E-state index contributed by atoms with van der Waals surface area (Å²) in [6.45, 7) is 8.55. The van der Waals surface area contributed by atoms with Crippen molar-refractivity contribution in [3.8, 4) is 5.75 Å². The zero-order chi connectivity index (χ0) is 15.3. The number of carbonyl (C=O) groups excluding carboxylic acids is 1. The van der Waals surface area contributed by atoms with Crippen molar-refractivity contribution in [3.63, 3.8) is 0 Å². The minimum atomic E-state index is -0.815. The molecule has 0 aliphatic rings. The Morgan fingerprint density at radius 2 is 1.90 bits per heavy atom. The Bertz CT molecular complexity index is 434. The van der Waals surface area contributed by atoms with Gasteiger partial charge in [0, 0.05) is 12.1 Å². The standard InChI is InChI=1S/C16H25NO3/c1-6-17(11-16(3,4)19)12(2)15(18)13-7-9-14(20-5)10-8-13/h7-10,12,19H,6,11H2,1-5H3. The highest BCUT2D eigenvalue weighted by Gasteiger charge is 2.26. The van der Waals surface area contributed by atoms with Crippen molar-refractivity contribution in [3.05, 3.63) is 29.8 Å². The van der Waals surface area contributed by atoms with Gasteiger partial charge in [-0.15, -0.1) is 0 Å². The number of ketones is 1. The second kappa shape index (κ2) is 6.86. The van der Waals surface area contributed by atoms with E-state index < -0.39 is 5.60 Å². The monoisotopic (exact) mass is 279 g/mol. The fourth-order valence-electron chi connectivity index (χ4n) is 2.18. The van der Waals surface area contributed by atoms with E-state index in [0.717, 1.165) is 5.75 Å². The number of aliphatic hydroxyl groups is 1. The molecule has 112 valence electrons. The minimum Gasteiger partial charge on any atom is -0.497 e. The third-order valence-electron chi connectivity index (χ3n) is 3.30. The summed E-state index contributed by atoms with van der Waals surface area (Å²) >= 11 is 0. The fraction of sp³-hybridized carbons (Fsp3) is 0.562. The van der Waals surface area contributed by atoms with Crippen LogP contribution >= 0.6 is 0 Å². The van der Waals surface area contributed by atoms with Crippen LogP contribution in [0.1, 0.15) is 38.1 Å². The van der Waals surface area contributed by atoms with E-state index in [0.29, 0.717) is 18.7 Å². The lowest BCUT2D eigenvalue weighted by atomic mass is 10.0. The van der Waals surface area contributed by atoms with Gasteiger partial charge in [-0.05, 0) is 51.6 Å². The summed E-state index contributed by atoms with van der Waals surface area (Å²) < 4.78 is 5.09. The van der Waals surface area contributed by atoms with Crippen LogP contribution < -0.4 is 4.74 Å². The zero-order valence-electron chi connectivity index (χ0n) is 13.0. The number of likely N-dealkylation sites (N-methyl/N-ethyl adjacent to an activating group) is 1. The second-order valence-corrected chi connectivity index (χ2v) is 5.64. The summed E-state index contributed by atoms with van der Waals surface area (Å²) in [5.41, 5.74) is -0.155. The second-order valence-electron chi connectivity index (χ2n) is 5.64. The van der Waals surface area contributed by atoms with E-state index >= 15 is 0 Å². The number of benzene rings is 1. The van der Waals surface area contributed by atoms with Gasteiger partial charge in [-0.2, -0.15) is 0 Å². The van der Waals surface area contributed by atoms with Crippen LogP contribution in [0, 0.1) is 0 Å². The van der Waals surface area contributed by atoms with Gasteiger partial charge in [0.25, 0.3) is 0 Å². The van der Waals surface area contributed by atoms with Gasteiger partial charge in [-0.3, -0.25) is 9.69 Å². The summed E-state index contributed by atoms with van der Waals surface area (Å²) in [6.07, 6.45) is 0. The first-order chi connectivity index (χ1) is 9.28. The number of hydrogen-bond acceptors (Lipinski definition) is 4. The summed E-state index contributed by atoms with van der Waals surface area (Å²) in [4.78, 5) is 14.4. The summed E-state index contributed by atoms with van der Waals surface area (Å²) in [7, 11) is 1.60. The van der Waals surface area contributed by atoms with Crippen molar-refractivity contribution in [1.29, 1.82) is 0 Å². The van der Waals surface area contributed by atoms with Gasteiger partial charge in [0.1, 0.15) is 5.75 Å². The van der Waals surface area contributed by atoms with Crippen LogP contribution in [0.3, 0.4) is 0 Å². The Morgan fingerprint density at radius 1 is 1.35 bits per heavy atom. The summed E-state index contributed by atoms with van der Waals surface area (Å²) in [5, 5.41) is 9.92. The molecule has 1 N–H and O–H groups in total. The predicted molar refractivity (Wildman–Crippen MR) is 80.3 cm³/mol. The molecule has 1 aromatic carbocycles. The van der Waals surface area contributed by atoms with Gasteiger partial charge in [0.2, 0.25) is 0 Å². The van der Waals surface area contributed by atoms with E-state index in [2.05, 4.69) is 0 Å². The van der Waals surface area contributed by atoms with Crippen molar-refractivity contribution in [2.45, 2.75) is 39.3 Å². The first-order valence-electron chi connectivity index (χ1n) is 6.93. The highest BCUT2D eigenvalue weighted by molar-refractivity contribution is 5.99. The molecular formula is C16H25NO3. The molecule has 0 bridgehead atoms. The first kappa shape index (κ1) is 16.7. The van der Waals surface area contributed by atoms with Gasteiger partial charge < -0.3 is 9.84 Å². The van der Waals surface area contributed by atoms with Crippen LogP contribution in [-0.4, -0.2) is 47.6 Å². The van der Waals surface area contributed by atoms with Gasteiger partial charge in [-0.25, -0.2) is 0 Å². The quantitative estimate of drug-likeness (QED) is 0.778. The number of rotatable bonds is 7. The van der Waals surface area contributed by atoms with Crippen LogP contribution in [0.4, 0.5) is 0 Å². The van der Waals surface area contributed by atoms with Crippen molar-refractivity contribution in [2.24, 2.45) is 0 Å². The van der Waals surface area contributed by atoms with Gasteiger partial charge in [0.05, 0.1) is 18.8 Å².